The summed E-state index contributed by atoms with van der Waals surface area (Å²) in [5, 5.41) is 3.12. The zero-order valence-corrected chi connectivity index (χ0v) is 11.1. The smallest absolute Gasteiger partial charge is 0.332 e. The van der Waals surface area contributed by atoms with Crippen LogP contribution in [0.3, 0.4) is 0 Å². The Balaban J connectivity index is 3.70. The summed E-state index contributed by atoms with van der Waals surface area (Å²) in [4.78, 5) is 11.1. The second kappa shape index (κ2) is 10.1. The van der Waals surface area contributed by atoms with Crippen LogP contribution >= 0.6 is 0 Å². The van der Waals surface area contributed by atoms with Crippen LogP contribution in [0.15, 0.2) is 11.8 Å². The lowest BCUT2D eigenvalue weighted by atomic mass is 10.3. The third kappa shape index (κ3) is 8.71. The number of hydrogen-bond donors (Lipinski definition) is 1. The molecule has 0 aromatic rings. The first-order valence-corrected chi connectivity index (χ1v) is 5.78. The van der Waals surface area contributed by atoms with E-state index in [2.05, 4.69) is 5.32 Å². The van der Waals surface area contributed by atoms with Crippen molar-refractivity contribution in [2.24, 2.45) is 0 Å². The van der Waals surface area contributed by atoms with Gasteiger partial charge in [0.15, 0.2) is 6.29 Å². The van der Waals surface area contributed by atoms with Crippen molar-refractivity contribution in [3.8, 4) is 0 Å². The maximum absolute atomic E-state index is 11.1. The molecule has 0 bridgehead atoms. The molecular weight excluding hydrogens is 222 g/mol. The van der Waals surface area contributed by atoms with Crippen molar-refractivity contribution in [2.45, 2.75) is 33.0 Å². The Kier molecular flexibility index (Phi) is 9.47. The number of methoxy groups -OCH3 is 2. The molecule has 0 rings (SSSR count). The summed E-state index contributed by atoms with van der Waals surface area (Å²) in [6, 6.07) is 0. The number of carbonyl (C=O) groups excluding carboxylic acids is 1. The summed E-state index contributed by atoms with van der Waals surface area (Å²) >= 11 is 0. The third-order valence-electron chi connectivity index (χ3n) is 2.17. The Bertz CT molecular complexity index is 237. The van der Waals surface area contributed by atoms with Gasteiger partial charge in [-0.3, -0.25) is 0 Å². The van der Waals surface area contributed by atoms with Crippen LogP contribution in [0.1, 0.15) is 26.7 Å². The van der Waals surface area contributed by atoms with Crippen molar-refractivity contribution < 1.29 is 19.0 Å². The van der Waals surface area contributed by atoms with E-state index in [1.54, 1.807) is 21.1 Å². The van der Waals surface area contributed by atoms with Gasteiger partial charge in [-0.2, -0.15) is 0 Å². The van der Waals surface area contributed by atoms with E-state index in [1.807, 2.05) is 6.92 Å². The molecule has 0 spiro atoms. The summed E-state index contributed by atoms with van der Waals surface area (Å²) in [6.07, 6.45) is 3.01. The van der Waals surface area contributed by atoms with Gasteiger partial charge in [-0.25, -0.2) is 4.79 Å². The minimum absolute atomic E-state index is 0.161. The number of nitrogens with one attached hydrogen (secondary N) is 1. The van der Waals surface area contributed by atoms with Gasteiger partial charge in [0.25, 0.3) is 0 Å². The van der Waals surface area contributed by atoms with Gasteiger partial charge in [0.2, 0.25) is 0 Å². The number of esters is 1. The van der Waals surface area contributed by atoms with E-state index >= 15 is 0 Å². The van der Waals surface area contributed by atoms with E-state index in [0.29, 0.717) is 6.61 Å². The van der Waals surface area contributed by atoms with Crippen LogP contribution < -0.4 is 5.32 Å². The Morgan fingerprint density at radius 1 is 1.35 bits per heavy atom. The highest BCUT2D eigenvalue weighted by Crippen LogP contribution is 2.01. The van der Waals surface area contributed by atoms with Gasteiger partial charge in [0, 0.05) is 32.5 Å². The summed E-state index contributed by atoms with van der Waals surface area (Å²) in [6.45, 7) is 4.78. The molecule has 0 amide bonds. The lowest BCUT2D eigenvalue weighted by Gasteiger charge is -2.13. The molecular formula is C12H23NO4. The fourth-order valence-electron chi connectivity index (χ4n) is 1.30. The zero-order valence-electron chi connectivity index (χ0n) is 11.1. The fraction of sp³-hybridized carbons (Fsp3) is 0.750. The molecule has 5 nitrogen and oxygen atoms in total. The Morgan fingerprint density at radius 3 is 2.53 bits per heavy atom. The Hall–Kier alpha value is -1.07. The zero-order chi connectivity index (χ0) is 13.1. The first kappa shape index (κ1) is 15.9. The molecule has 5 heteroatoms. The van der Waals surface area contributed by atoms with Crippen LogP contribution in [0.4, 0.5) is 0 Å². The molecule has 0 aromatic heterocycles. The summed E-state index contributed by atoms with van der Waals surface area (Å²) in [5.41, 5.74) is 0.801. The SMILES string of the molecule is CCOC(=O)/C=C(\C)NCCCC(OC)OC. The van der Waals surface area contributed by atoms with Crippen LogP contribution in [0.25, 0.3) is 0 Å². The van der Waals surface area contributed by atoms with E-state index in [-0.39, 0.29) is 12.3 Å². The predicted octanol–water partition coefficient (Wildman–Crippen LogP) is 1.44. The van der Waals surface area contributed by atoms with Crippen LogP contribution in [-0.2, 0) is 19.0 Å². The van der Waals surface area contributed by atoms with E-state index in [1.165, 1.54) is 6.08 Å². The molecule has 0 aliphatic rings. The number of carbonyl (C=O) groups is 1. The van der Waals surface area contributed by atoms with Crippen molar-refractivity contribution in [3.63, 3.8) is 0 Å². The highest BCUT2D eigenvalue weighted by atomic mass is 16.7. The average molecular weight is 245 g/mol. The van der Waals surface area contributed by atoms with Gasteiger partial charge in [0.05, 0.1) is 6.61 Å². The molecule has 1 N–H and O–H groups in total. The van der Waals surface area contributed by atoms with Crippen molar-refractivity contribution in [1.29, 1.82) is 0 Å². The molecule has 0 aliphatic heterocycles. The van der Waals surface area contributed by atoms with Crippen molar-refractivity contribution in [1.82, 2.24) is 5.32 Å². The van der Waals surface area contributed by atoms with Gasteiger partial charge in [-0.15, -0.1) is 0 Å². The molecule has 100 valence electrons. The number of hydrogen-bond acceptors (Lipinski definition) is 5. The van der Waals surface area contributed by atoms with Gasteiger partial charge in [-0.1, -0.05) is 0 Å². The molecule has 0 saturated carbocycles. The van der Waals surface area contributed by atoms with Crippen molar-refractivity contribution in [3.05, 3.63) is 11.8 Å². The normalized spacial score (nSPS) is 11.7. The number of allylic oxidation sites excluding steroid dienone is 1. The van der Waals surface area contributed by atoms with Gasteiger partial charge < -0.3 is 19.5 Å². The van der Waals surface area contributed by atoms with Crippen LogP contribution in [-0.4, -0.2) is 39.6 Å². The van der Waals surface area contributed by atoms with Crippen molar-refractivity contribution in [2.75, 3.05) is 27.4 Å². The number of rotatable bonds is 9. The second-order valence-corrected chi connectivity index (χ2v) is 3.55. The maximum atomic E-state index is 11.1. The highest BCUT2D eigenvalue weighted by Gasteiger charge is 2.03. The van der Waals surface area contributed by atoms with Gasteiger partial charge in [-0.05, 0) is 26.7 Å². The largest absolute Gasteiger partial charge is 0.463 e. The van der Waals surface area contributed by atoms with Gasteiger partial charge in [0.1, 0.15) is 0 Å². The van der Waals surface area contributed by atoms with E-state index in [4.69, 9.17) is 14.2 Å². The lowest BCUT2D eigenvalue weighted by Crippen LogP contribution is -2.18. The molecule has 17 heavy (non-hydrogen) atoms. The molecule has 0 radical (unpaired) electrons. The minimum Gasteiger partial charge on any atom is -0.463 e. The van der Waals surface area contributed by atoms with Crippen molar-refractivity contribution >= 4 is 5.97 Å². The molecule has 0 heterocycles. The Labute approximate surface area is 103 Å². The van der Waals surface area contributed by atoms with Gasteiger partial charge >= 0.3 is 5.97 Å². The first-order valence-electron chi connectivity index (χ1n) is 5.78. The highest BCUT2D eigenvalue weighted by molar-refractivity contribution is 5.82. The van der Waals surface area contributed by atoms with Crippen LogP contribution in [0.2, 0.25) is 0 Å². The molecule has 0 atom stereocenters. The van der Waals surface area contributed by atoms with Crippen LogP contribution in [0.5, 0.6) is 0 Å². The molecule has 0 fully saturated rings. The quantitative estimate of drug-likeness (QED) is 0.288. The first-order chi connectivity index (χ1) is 8.13. The Morgan fingerprint density at radius 2 is 2.00 bits per heavy atom. The van der Waals surface area contributed by atoms with Crippen LogP contribution in [0, 0.1) is 0 Å². The minimum atomic E-state index is -0.316. The fourth-order valence-corrected chi connectivity index (χ4v) is 1.30. The monoisotopic (exact) mass is 245 g/mol. The lowest BCUT2D eigenvalue weighted by molar-refractivity contribution is -0.137. The molecule has 0 unspecified atom stereocenters. The molecule has 0 aliphatic carbocycles. The second-order valence-electron chi connectivity index (χ2n) is 3.55. The van der Waals surface area contributed by atoms with E-state index in [9.17, 15) is 4.79 Å². The van der Waals surface area contributed by atoms with E-state index < -0.39 is 0 Å². The molecule has 0 saturated heterocycles. The maximum Gasteiger partial charge on any atom is 0.332 e. The third-order valence-corrected chi connectivity index (χ3v) is 2.17. The number of ether oxygens (including phenoxy) is 3. The summed E-state index contributed by atoms with van der Waals surface area (Å²) in [7, 11) is 3.24. The summed E-state index contributed by atoms with van der Waals surface area (Å²) < 4.78 is 14.9. The molecule has 0 aromatic carbocycles. The van der Waals surface area contributed by atoms with E-state index in [0.717, 1.165) is 25.1 Å². The standard InChI is InChI=1S/C12H23NO4/c1-5-17-11(14)9-10(2)13-8-6-7-12(15-3)16-4/h9,12-13H,5-8H2,1-4H3/b10-9+. The topological polar surface area (TPSA) is 56.8 Å². The average Bonchev–Trinajstić information content (AvgIpc) is 2.29. The predicted molar refractivity (Wildman–Crippen MR) is 65.4 cm³/mol. The summed E-state index contributed by atoms with van der Waals surface area (Å²) in [5.74, 6) is -0.316.